The Morgan fingerprint density at radius 3 is 2.30 bits per heavy atom. The monoisotopic (exact) mass is 374 g/mol. The van der Waals surface area contributed by atoms with Crippen molar-refractivity contribution in [3.8, 4) is 5.75 Å². The highest BCUT2D eigenvalue weighted by molar-refractivity contribution is 5.87. The Labute approximate surface area is 159 Å². The molecule has 0 fully saturated rings. The van der Waals surface area contributed by atoms with Gasteiger partial charge in [0.15, 0.2) is 6.10 Å². The summed E-state index contributed by atoms with van der Waals surface area (Å²) >= 11 is 0. The maximum absolute atomic E-state index is 12.6. The molecule has 0 unspecified atom stereocenters. The van der Waals surface area contributed by atoms with E-state index in [9.17, 15) is 9.59 Å². The van der Waals surface area contributed by atoms with Gasteiger partial charge in [-0.05, 0) is 35.4 Å². The highest BCUT2D eigenvalue weighted by Crippen LogP contribution is 2.26. The molecule has 0 radical (unpaired) electrons. The molecular weight excluding hydrogens is 346 g/mol. The fourth-order valence-electron chi connectivity index (χ4n) is 2.99. The number of benzene rings is 2. The molecule has 6 heteroatoms. The van der Waals surface area contributed by atoms with Gasteiger partial charge in [-0.25, -0.2) is 0 Å². The Morgan fingerprint density at radius 1 is 1.07 bits per heavy atom. The van der Waals surface area contributed by atoms with Crippen LogP contribution in [0.2, 0.25) is 0 Å². The zero-order chi connectivity index (χ0) is 20.2. The fraction of sp³-hybridized carbons (Fsp3) is 0.429. The second kappa shape index (κ2) is 8.39. The third kappa shape index (κ3) is 5.96. The minimum Gasteiger partial charge on any atom is -0.497 e. The number of carboxylic acid groups (broad SMARTS) is 1. The number of carboxylic acids is 1. The number of fused-ring (bicyclic) bond motifs is 1. The molecule has 0 spiro atoms. The van der Waals surface area contributed by atoms with Gasteiger partial charge in [-0.15, -0.1) is 0 Å². The van der Waals surface area contributed by atoms with Crippen molar-refractivity contribution in [2.45, 2.75) is 25.4 Å². The van der Waals surface area contributed by atoms with Crippen LogP contribution < -0.4 is 4.74 Å². The van der Waals surface area contributed by atoms with Crippen LogP contribution in [-0.4, -0.2) is 62.4 Å². The molecule has 2 aromatic rings. The first-order chi connectivity index (χ1) is 12.6. The smallest absolute Gasteiger partial charge is 0.313 e. The lowest BCUT2D eigenvalue weighted by Crippen LogP contribution is -2.44. The highest BCUT2D eigenvalue weighted by Gasteiger charge is 2.27. The average molecular weight is 374 g/mol. The van der Waals surface area contributed by atoms with E-state index in [0.29, 0.717) is 11.0 Å². The van der Waals surface area contributed by atoms with Crippen LogP contribution in [0.1, 0.15) is 24.8 Å². The average Bonchev–Trinajstić information content (AvgIpc) is 2.57. The van der Waals surface area contributed by atoms with E-state index in [-0.39, 0.29) is 6.42 Å². The molecule has 0 aliphatic heterocycles. The number of aliphatic carboxylic acids is 1. The number of methoxy groups -OCH3 is 1. The topological polar surface area (TPSA) is 72.8 Å². The second-order valence-electron chi connectivity index (χ2n) is 7.82. The number of carbonyl (C=O) groups excluding carboxylic acids is 1. The molecule has 2 aromatic carbocycles. The lowest BCUT2D eigenvalue weighted by Gasteiger charge is -2.29. The van der Waals surface area contributed by atoms with Gasteiger partial charge < -0.3 is 19.1 Å². The summed E-state index contributed by atoms with van der Waals surface area (Å²) < 4.78 is 11.3. The maximum Gasteiger partial charge on any atom is 0.313 e. The van der Waals surface area contributed by atoms with Crippen molar-refractivity contribution in [1.29, 1.82) is 0 Å². The zero-order valence-electron chi connectivity index (χ0n) is 16.6. The van der Waals surface area contributed by atoms with Gasteiger partial charge in [0.25, 0.3) is 0 Å². The normalized spacial score (nSPS) is 13.8. The highest BCUT2D eigenvalue weighted by atomic mass is 16.5. The lowest BCUT2D eigenvalue weighted by molar-refractivity contribution is -0.873. The van der Waals surface area contributed by atoms with E-state index in [1.807, 2.05) is 57.5 Å². The Balaban J connectivity index is 2.16. The number of ether oxygens (including phenoxy) is 2. The summed E-state index contributed by atoms with van der Waals surface area (Å²) in [5.74, 6) is -1.10. The van der Waals surface area contributed by atoms with E-state index in [0.717, 1.165) is 22.1 Å². The number of hydrogen-bond donors (Lipinski definition) is 1. The Bertz CT molecular complexity index is 825. The molecule has 0 aromatic heterocycles. The molecule has 2 atom stereocenters. The van der Waals surface area contributed by atoms with Crippen LogP contribution in [0.5, 0.6) is 5.75 Å². The van der Waals surface area contributed by atoms with Crippen molar-refractivity contribution >= 4 is 22.7 Å². The van der Waals surface area contributed by atoms with Crippen molar-refractivity contribution in [3.63, 3.8) is 0 Å². The Hall–Kier alpha value is -2.60. The molecule has 27 heavy (non-hydrogen) atoms. The van der Waals surface area contributed by atoms with Crippen LogP contribution in [0, 0.1) is 0 Å². The van der Waals surface area contributed by atoms with Gasteiger partial charge in [-0.1, -0.05) is 24.3 Å². The predicted molar refractivity (Wildman–Crippen MR) is 104 cm³/mol. The summed E-state index contributed by atoms with van der Waals surface area (Å²) in [5.41, 5.74) is 0.831. The van der Waals surface area contributed by atoms with Crippen molar-refractivity contribution in [1.82, 2.24) is 0 Å². The van der Waals surface area contributed by atoms with Gasteiger partial charge in [0.1, 0.15) is 12.3 Å². The molecule has 1 N–H and O–H groups in total. The minimum absolute atomic E-state index is 0.203. The van der Waals surface area contributed by atoms with Crippen LogP contribution in [0.4, 0.5) is 0 Å². The van der Waals surface area contributed by atoms with Crippen LogP contribution in [-0.2, 0) is 14.3 Å². The molecule has 0 aliphatic carbocycles. The third-order valence-electron chi connectivity index (χ3n) is 4.36. The molecule has 0 heterocycles. The summed E-state index contributed by atoms with van der Waals surface area (Å²) in [4.78, 5) is 23.7. The molecule has 0 saturated heterocycles. The van der Waals surface area contributed by atoms with E-state index >= 15 is 0 Å². The SMILES string of the molecule is COc1ccc2cc([C@H](C)C(=O)O[C@H](CC(=O)O)C[N+](C)(C)C)ccc2c1. The summed E-state index contributed by atoms with van der Waals surface area (Å²) in [6.45, 7) is 2.21. The Kier molecular flexibility index (Phi) is 6.44. The first-order valence-electron chi connectivity index (χ1n) is 8.89. The van der Waals surface area contributed by atoms with Gasteiger partial charge in [0.2, 0.25) is 0 Å². The van der Waals surface area contributed by atoms with Crippen LogP contribution in [0.3, 0.4) is 0 Å². The number of esters is 1. The lowest BCUT2D eigenvalue weighted by atomic mass is 9.97. The van der Waals surface area contributed by atoms with Crippen molar-refractivity contribution < 1.29 is 28.7 Å². The van der Waals surface area contributed by atoms with Gasteiger partial charge in [0, 0.05) is 0 Å². The molecule has 146 valence electrons. The molecule has 0 amide bonds. The van der Waals surface area contributed by atoms with E-state index in [4.69, 9.17) is 14.6 Å². The molecular formula is C21H28NO5+. The minimum atomic E-state index is -0.978. The van der Waals surface area contributed by atoms with Crippen molar-refractivity contribution in [2.75, 3.05) is 34.8 Å². The Morgan fingerprint density at radius 2 is 1.70 bits per heavy atom. The first kappa shape index (κ1) is 20.7. The van der Waals surface area contributed by atoms with E-state index in [1.165, 1.54) is 0 Å². The first-order valence-corrected chi connectivity index (χ1v) is 8.89. The number of carbonyl (C=O) groups is 2. The predicted octanol–water partition coefficient (Wildman–Crippen LogP) is 3.04. The van der Waals surface area contributed by atoms with Crippen molar-refractivity contribution in [2.24, 2.45) is 0 Å². The maximum atomic E-state index is 12.6. The van der Waals surface area contributed by atoms with Crippen molar-refractivity contribution in [3.05, 3.63) is 42.0 Å². The number of rotatable bonds is 8. The van der Waals surface area contributed by atoms with E-state index in [1.54, 1.807) is 14.0 Å². The van der Waals surface area contributed by atoms with E-state index < -0.39 is 24.0 Å². The van der Waals surface area contributed by atoms with Crippen LogP contribution in [0.25, 0.3) is 10.8 Å². The van der Waals surface area contributed by atoms with Gasteiger partial charge >= 0.3 is 11.9 Å². The quantitative estimate of drug-likeness (QED) is 0.568. The molecule has 0 aliphatic rings. The molecule has 0 saturated carbocycles. The fourth-order valence-corrected chi connectivity index (χ4v) is 2.99. The summed E-state index contributed by atoms with van der Waals surface area (Å²) in [5, 5.41) is 11.1. The largest absolute Gasteiger partial charge is 0.497 e. The number of quaternary nitrogens is 1. The molecule has 6 nitrogen and oxygen atoms in total. The third-order valence-corrected chi connectivity index (χ3v) is 4.36. The number of hydrogen-bond acceptors (Lipinski definition) is 4. The van der Waals surface area contributed by atoms with E-state index in [2.05, 4.69) is 0 Å². The summed E-state index contributed by atoms with van der Waals surface area (Å²) in [6.07, 6.45) is -0.868. The zero-order valence-corrected chi connectivity index (χ0v) is 16.6. The number of nitrogens with zero attached hydrogens (tertiary/aromatic N) is 1. The molecule has 2 rings (SSSR count). The van der Waals surface area contributed by atoms with Gasteiger partial charge in [-0.3, -0.25) is 9.59 Å². The second-order valence-corrected chi connectivity index (χ2v) is 7.82. The summed E-state index contributed by atoms with van der Waals surface area (Å²) in [7, 11) is 7.43. The van der Waals surface area contributed by atoms with Crippen LogP contribution >= 0.6 is 0 Å². The van der Waals surface area contributed by atoms with Gasteiger partial charge in [-0.2, -0.15) is 0 Å². The van der Waals surface area contributed by atoms with Gasteiger partial charge in [0.05, 0.1) is 40.6 Å². The standard InChI is InChI=1S/C21H27NO5/c1-14(21(25)27-19(12-20(23)24)13-22(2,3)4)15-6-7-17-11-18(26-5)9-8-16(17)10-15/h6-11,14,19H,12-13H2,1-5H3/p+1/t14-,19+/m0/s1. The molecule has 0 bridgehead atoms. The summed E-state index contributed by atoms with van der Waals surface area (Å²) in [6, 6.07) is 11.5. The number of likely N-dealkylation sites (N-methyl/N-ethyl adjacent to an activating group) is 1. The van der Waals surface area contributed by atoms with Crippen LogP contribution in [0.15, 0.2) is 36.4 Å².